The molecule has 2 aliphatic rings. The summed E-state index contributed by atoms with van der Waals surface area (Å²) in [7, 11) is 0. The summed E-state index contributed by atoms with van der Waals surface area (Å²) in [6, 6.07) is 11.3. The summed E-state index contributed by atoms with van der Waals surface area (Å²) in [6.07, 6.45) is 4.26. The van der Waals surface area contributed by atoms with Gasteiger partial charge in [-0.1, -0.05) is 43.4 Å². The molecule has 0 saturated carbocycles. The van der Waals surface area contributed by atoms with Gasteiger partial charge in [-0.25, -0.2) is 9.98 Å². The van der Waals surface area contributed by atoms with Crippen molar-refractivity contribution in [1.29, 1.82) is 0 Å². The summed E-state index contributed by atoms with van der Waals surface area (Å²) >= 11 is 1.57. The molecular weight excluding hydrogens is 372 g/mol. The summed E-state index contributed by atoms with van der Waals surface area (Å²) in [5.74, 6) is 1.10. The highest BCUT2D eigenvalue weighted by Crippen LogP contribution is 2.42. The number of ketones is 1. The fourth-order valence-corrected chi connectivity index (χ4v) is 4.78. The number of thiazole rings is 1. The Kier molecular flexibility index (Phi) is 3.87. The van der Waals surface area contributed by atoms with Crippen LogP contribution in [0.3, 0.4) is 0 Å². The number of fused-ring (bicyclic) bond motifs is 2. The van der Waals surface area contributed by atoms with E-state index in [0.29, 0.717) is 18.1 Å². The monoisotopic (exact) mass is 392 g/mol. The topological polar surface area (TPSA) is 79.5 Å². The average molecular weight is 392 g/mol. The number of nitrogens with zero attached hydrogens (tertiary/aromatic N) is 2. The third-order valence-corrected chi connectivity index (χ3v) is 6.01. The minimum Gasteiger partial charge on any atom is -0.467 e. The molecule has 7 heteroatoms. The standard InChI is InChI=1S/C21H20N4O2S/c1-21(2)10-13-17(14(26)11-21)18(15-7-5-9-27-15)24-19(22-13)25-20-23-12-6-3-4-8-16(12)28-20/h3-10,17-18H,11H2,1-2H3,(H2,22,23,24,25)/t17-,18+/m0/s1. The number of allylic oxidation sites excluding steroid dienone is 1. The van der Waals surface area contributed by atoms with Crippen molar-refractivity contribution in [2.24, 2.45) is 16.3 Å². The molecule has 0 bridgehead atoms. The molecule has 2 N–H and O–H groups in total. The van der Waals surface area contributed by atoms with Crippen LogP contribution in [0.25, 0.3) is 10.2 Å². The maximum absolute atomic E-state index is 12.9. The highest BCUT2D eigenvalue weighted by atomic mass is 32.1. The quantitative estimate of drug-likeness (QED) is 0.671. The van der Waals surface area contributed by atoms with E-state index in [1.165, 1.54) is 0 Å². The molecule has 2 aromatic heterocycles. The number of guanidine groups is 1. The lowest BCUT2D eigenvalue weighted by Gasteiger charge is -2.38. The van der Waals surface area contributed by atoms with Gasteiger partial charge in [0.1, 0.15) is 17.6 Å². The number of furan rings is 1. The number of para-hydroxylation sites is 1. The van der Waals surface area contributed by atoms with Crippen molar-refractivity contribution < 1.29 is 9.21 Å². The highest BCUT2D eigenvalue weighted by Gasteiger charge is 2.43. The van der Waals surface area contributed by atoms with Crippen LogP contribution < -0.4 is 10.6 Å². The van der Waals surface area contributed by atoms with Gasteiger partial charge in [-0.15, -0.1) is 0 Å². The van der Waals surface area contributed by atoms with Gasteiger partial charge in [0, 0.05) is 12.1 Å². The first-order chi connectivity index (χ1) is 13.5. The number of aromatic nitrogens is 1. The van der Waals surface area contributed by atoms with E-state index in [1.807, 2.05) is 36.4 Å². The lowest BCUT2D eigenvalue weighted by Crippen LogP contribution is -2.45. The Balaban J connectivity index is 1.54. The molecule has 1 aliphatic carbocycles. The Labute approximate surface area is 166 Å². The SMILES string of the molecule is CC1(C)C=C2NC(Nc3nc4ccccc4s3)=N[C@H](c3ccco3)[C@@H]2C(=O)C1. The van der Waals surface area contributed by atoms with Crippen LogP contribution in [0.1, 0.15) is 32.1 Å². The van der Waals surface area contributed by atoms with Gasteiger partial charge < -0.3 is 15.1 Å². The van der Waals surface area contributed by atoms with Gasteiger partial charge in [-0.2, -0.15) is 0 Å². The minimum atomic E-state index is -0.386. The normalized spacial score (nSPS) is 23.6. The lowest BCUT2D eigenvalue weighted by atomic mass is 9.73. The molecule has 28 heavy (non-hydrogen) atoms. The second-order valence-electron chi connectivity index (χ2n) is 7.88. The van der Waals surface area contributed by atoms with E-state index in [-0.39, 0.29) is 23.2 Å². The Bertz CT molecular complexity index is 1080. The summed E-state index contributed by atoms with van der Waals surface area (Å²) in [4.78, 5) is 22.3. The van der Waals surface area contributed by atoms with Crippen molar-refractivity contribution >= 4 is 38.4 Å². The molecule has 6 nitrogen and oxygen atoms in total. The maximum Gasteiger partial charge on any atom is 0.202 e. The van der Waals surface area contributed by atoms with E-state index in [1.54, 1.807) is 17.6 Å². The molecule has 1 aromatic carbocycles. The van der Waals surface area contributed by atoms with Gasteiger partial charge in [0.05, 0.1) is 22.4 Å². The molecule has 3 heterocycles. The second kappa shape index (κ2) is 6.31. The van der Waals surface area contributed by atoms with Crippen LogP contribution >= 0.6 is 11.3 Å². The number of benzene rings is 1. The van der Waals surface area contributed by atoms with Crippen molar-refractivity contribution in [3.8, 4) is 0 Å². The molecule has 0 fully saturated rings. The number of carbonyl (C=O) groups excluding carboxylic acids is 1. The molecule has 2 atom stereocenters. The summed E-state index contributed by atoms with van der Waals surface area (Å²) < 4.78 is 6.72. The number of hydrogen-bond acceptors (Lipinski definition) is 7. The van der Waals surface area contributed by atoms with E-state index < -0.39 is 0 Å². The van der Waals surface area contributed by atoms with Gasteiger partial charge in [0.25, 0.3) is 0 Å². The zero-order valence-corrected chi connectivity index (χ0v) is 16.4. The van der Waals surface area contributed by atoms with E-state index >= 15 is 0 Å². The van der Waals surface area contributed by atoms with Gasteiger partial charge in [0.15, 0.2) is 5.13 Å². The van der Waals surface area contributed by atoms with Gasteiger partial charge >= 0.3 is 0 Å². The minimum absolute atomic E-state index is 0.180. The van der Waals surface area contributed by atoms with Crippen molar-refractivity contribution in [1.82, 2.24) is 10.3 Å². The predicted octanol–water partition coefficient (Wildman–Crippen LogP) is 4.50. The molecule has 0 saturated heterocycles. The number of anilines is 1. The van der Waals surface area contributed by atoms with Crippen molar-refractivity contribution in [3.05, 3.63) is 60.2 Å². The first kappa shape index (κ1) is 17.2. The molecule has 3 aromatic rings. The van der Waals surface area contributed by atoms with Crippen LogP contribution in [-0.2, 0) is 4.79 Å². The van der Waals surface area contributed by atoms with E-state index in [0.717, 1.165) is 21.0 Å². The average Bonchev–Trinajstić information content (AvgIpc) is 3.29. The van der Waals surface area contributed by atoms with Crippen molar-refractivity contribution in [2.75, 3.05) is 5.32 Å². The molecule has 142 valence electrons. The second-order valence-corrected chi connectivity index (χ2v) is 8.91. The fourth-order valence-electron chi connectivity index (χ4n) is 3.91. The van der Waals surface area contributed by atoms with E-state index in [2.05, 4.69) is 35.5 Å². The highest BCUT2D eigenvalue weighted by molar-refractivity contribution is 7.22. The van der Waals surface area contributed by atoms with Crippen molar-refractivity contribution in [2.45, 2.75) is 26.3 Å². The summed E-state index contributed by atoms with van der Waals surface area (Å²) in [5, 5.41) is 7.38. The van der Waals surface area contributed by atoms with E-state index in [4.69, 9.17) is 9.41 Å². The van der Waals surface area contributed by atoms with Crippen LogP contribution in [0, 0.1) is 11.3 Å². The van der Waals surface area contributed by atoms with Crippen LogP contribution in [0.4, 0.5) is 5.13 Å². The Hall–Kier alpha value is -2.93. The Morgan fingerprint density at radius 2 is 2.11 bits per heavy atom. The molecule has 0 spiro atoms. The lowest BCUT2D eigenvalue weighted by molar-refractivity contribution is -0.124. The molecule has 1 aliphatic heterocycles. The van der Waals surface area contributed by atoms with Gasteiger partial charge in [0.2, 0.25) is 5.96 Å². The summed E-state index contributed by atoms with van der Waals surface area (Å²) in [6.45, 7) is 4.15. The largest absolute Gasteiger partial charge is 0.467 e. The Morgan fingerprint density at radius 3 is 2.89 bits per heavy atom. The predicted molar refractivity (Wildman–Crippen MR) is 110 cm³/mol. The molecular formula is C21H20N4O2S. The number of aliphatic imine (C=N–C) groups is 1. The molecule has 5 rings (SSSR count). The first-order valence-electron chi connectivity index (χ1n) is 9.25. The summed E-state index contributed by atoms with van der Waals surface area (Å²) in [5.41, 5.74) is 1.63. The number of nitrogens with one attached hydrogen (secondary N) is 2. The first-order valence-corrected chi connectivity index (χ1v) is 10.1. The fraction of sp³-hybridized carbons (Fsp3) is 0.286. The van der Waals surface area contributed by atoms with Gasteiger partial charge in [-0.3, -0.25) is 4.79 Å². The van der Waals surface area contributed by atoms with E-state index in [9.17, 15) is 4.79 Å². The zero-order chi connectivity index (χ0) is 19.3. The maximum atomic E-state index is 12.9. The van der Waals surface area contributed by atoms with Gasteiger partial charge in [-0.05, 0) is 29.7 Å². The van der Waals surface area contributed by atoms with Crippen LogP contribution in [0.15, 0.2) is 63.8 Å². The smallest absolute Gasteiger partial charge is 0.202 e. The zero-order valence-electron chi connectivity index (χ0n) is 15.6. The molecule has 0 amide bonds. The van der Waals surface area contributed by atoms with Crippen LogP contribution in [-0.4, -0.2) is 16.7 Å². The van der Waals surface area contributed by atoms with Crippen molar-refractivity contribution in [3.63, 3.8) is 0 Å². The number of rotatable bonds is 2. The van der Waals surface area contributed by atoms with Crippen LogP contribution in [0.5, 0.6) is 0 Å². The number of Topliss-reactive ketones (excluding diaryl/α,β-unsaturated/α-hetero) is 1. The number of carbonyl (C=O) groups is 1. The molecule has 0 radical (unpaired) electrons. The third kappa shape index (κ3) is 3.01. The number of hydrogen-bond donors (Lipinski definition) is 2. The third-order valence-electron chi connectivity index (χ3n) is 5.06. The molecule has 0 unspecified atom stereocenters. The van der Waals surface area contributed by atoms with Crippen LogP contribution in [0.2, 0.25) is 0 Å². The Morgan fingerprint density at radius 1 is 1.25 bits per heavy atom.